The molecule has 0 radical (unpaired) electrons. The number of carbonyl (C=O) groups excluding carboxylic acids is 3. The second-order valence-electron chi connectivity index (χ2n) is 8.95. The average Bonchev–Trinajstić information content (AvgIpc) is 3.63. The smallest absolute Gasteiger partial charge is 0.202 e. The second-order valence-corrected chi connectivity index (χ2v) is 8.95. The van der Waals surface area contributed by atoms with E-state index in [-0.39, 0.29) is 64.7 Å². The Hall–Kier alpha value is -3.27. The molecule has 0 spiro atoms. The number of phenolic OH excluding ortho intramolecular Hbond substituents is 2. The quantitative estimate of drug-likeness (QED) is 0.366. The van der Waals surface area contributed by atoms with Crippen molar-refractivity contribution in [2.24, 2.45) is 0 Å². The molecule has 2 aromatic carbocycles. The van der Waals surface area contributed by atoms with Gasteiger partial charge in [0, 0.05) is 36.1 Å². The maximum atomic E-state index is 13.5. The number of fused-ring (bicyclic) bond motifs is 3. The fourth-order valence-corrected chi connectivity index (χ4v) is 4.91. The normalized spacial score (nSPS) is 24.8. The van der Waals surface area contributed by atoms with Crippen molar-refractivity contribution in [3.05, 3.63) is 51.6 Å². The Morgan fingerprint density at radius 1 is 1.15 bits per heavy atom. The van der Waals surface area contributed by atoms with Crippen LogP contribution in [0, 0.1) is 0 Å². The molecule has 0 bridgehead atoms. The number of hydrogen-bond donors (Lipinski definition) is 3. The first kappa shape index (κ1) is 22.5. The topological polar surface area (TPSA) is 143 Å². The van der Waals surface area contributed by atoms with Gasteiger partial charge in [-0.15, -0.1) is 0 Å². The second kappa shape index (κ2) is 7.90. The predicted octanol–water partition coefficient (Wildman–Crippen LogP) is 1.99. The molecule has 1 fully saturated rings. The molecule has 34 heavy (non-hydrogen) atoms. The summed E-state index contributed by atoms with van der Waals surface area (Å²) in [5, 5.41) is 33.5. The summed E-state index contributed by atoms with van der Waals surface area (Å²) in [4.78, 5) is 39.1. The molecule has 3 unspecified atom stereocenters. The van der Waals surface area contributed by atoms with Gasteiger partial charge in [-0.05, 0) is 19.4 Å². The van der Waals surface area contributed by atoms with Gasteiger partial charge in [-0.3, -0.25) is 14.4 Å². The lowest BCUT2D eigenvalue weighted by Gasteiger charge is -2.38. The van der Waals surface area contributed by atoms with E-state index in [2.05, 4.69) is 0 Å². The van der Waals surface area contributed by atoms with Gasteiger partial charge < -0.3 is 29.5 Å². The van der Waals surface area contributed by atoms with Gasteiger partial charge in [0.25, 0.3) is 0 Å². The minimum atomic E-state index is -1.87. The number of rotatable bonds is 6. The van der Waals surface area contributed by atoms with Crippen LogP contribution < -0.4 is 4.74 Å². The Morgan fingerprint density at radius 2 is 1.85 bits per heavy atom. The van der Waals surface area contributed by atoms with Crippen molar-refractivity contribution in [1.82, 2.24) is 0 Å². The van der Waals surface area contributed by atoms with Gasteiger partial charge >= 0.3 is 0 Å². The predicted molar refractivity (Wildman–Crippen MR) is 117 cm³/mol. The molecule has 178 valence electrons. The van der Waals surface area contributed by atoms with Crippen LogP contribution in [0.5, 0.6) is 17.2 Å². The van der Waals surface area contributed by atoms with E-state index in [9.17, 15) is 29.7 Å². The number of ketones is 3. The molecule has 0 aromatic heterocycles. The van der Waals surface area contributed by atoms with Crippen LogP contribution in [0.1, 0.15) is 68.8 Å². The Labute approximate surface area is 194 Å². The van der Waals surface area contributed by atoms with Crippen molar-refractivity contribution in [3.8, 4) is 17.2 Å². The van der Waals surface area contributed by atoms with E-state index in [0.717, 1.165) is 0 Å². The Morgan fingerprint density at radius 3 is 2.50 bits per heavy atom. The average molecular weight is 468 g/mol. The van der Waals surface area contributed by atoms with Crippen molar-refractivity contribution in [2.45, 2.75) is 44.0 Å². The molecule has 0 amide bonds. The number of Topliss-reactive ketones (excluding diaryl/α,β-unsaturated/α-hetero) is 1. The largest absolute Gasteiger partial charge is 0.507 e. The molecule has 9 heteroatoms. The third kappa shape index (κ3) is 3.31. The molecule has 3 aliphatic rings. The van der Waals surface area contributed by atoms with Crippen molar-refractivity contribution in [2.75, 3.05) is 20.3 Å². The van der Waals surface area contributed by atoms with Crippen LogP contribution in [0.25, 0.3) is 0 Å². The zero-order valence-electron chi connectivity index (χ0n) is 18.7. The highest BCUT2D eigenvalue weighted by molar-refractivity contribution is 6.31. The standard InChI is InChI=1S/C25H24O9/c1-11(26)25(31)8-14-18(16(9-25)33-7-6-12-10-34-12)24(30)20-19(22(14)28)21(27)13-4-3-5-15(32-2)17(13)23(20)29/h3-5,12,16,28,30-31H,6-10H2,1-2H3. The monoisotopic (exact) mass is 468 g/mol. The molecule has 2 aliphatic carbocycles. The molecule has 9 nitrogen and oxygen atoms in total. The molecule has 3 N–H and O–H groups in total. The number of aliphatic hydroxyl groups is 1. The van der Waals surface area contributed by atoms with Gasteiger partial charge in [0.1, 0.15) is 22.8 Å². The maximum absolute atomic E-state index is 13.5. The van der Waals surface area contributed by atoms with Gasteiger partial charge in [0.05, 0.1) is 42.6 Å². The summed E-state index contributed by atoms with van der Waals surface area (Å²) in [5.74, 6) is -2.76. The summed E-state index contributed by atoms with van der Waals surface area (Å²) in [5.41, 5.74) is -2.43. The van der Waals surface area contributed by atoms with Crippen molar-refractivity contribution >= 4 is 17.3 Å². The fraction of sp³-hybridized carbons (Fsp3) is 0.400. The molecule has 3 atom stereocenters. The number of phenols is 2. The molecule has 0 saturated carbocycles. The molecule has 1 aliphatic heterocycles. The fourth-order valence-electron chi connectivity index (χ4n) is 4.91. The third-order valence-electron chi connectivity index (χ3n) is 6.89. The summed E-state index contributed by atoms with van der Waals surface area (Å²) >= 11 is 0. The first-order valence-corrected chi connectivity index (χ1v) is 11.0. The van der Waals surface area contributed by atoms with Crippen LogP contribution in [-0.4, -0.2) is 64.7 Å². The molecular formula is C25H24O9. The van der Waals surface area contributed by atoms with Crippen LogP contribution >= 0.6 is 0 Å². The van der Waals surface area contributed by atoms with Crippen LogP contribution in [0.2, 0.25) is 0 Å². The zero-order chi connectivity index (χ0) is 24.4. The lowest BCUT2D eigenvalue weighted by atomic mass is 9.72. The SMILES string of the molecule is COc1cccc2c1C(=O)c1c(O)c3c(c(O)c1C2=O)CC(O)(C(C)=O)CC3OCCC1CO1. The first-order chi connectivity index (χ1) is 16.2. The molecule has 1 saturated heterocycles. The van der Waals surface area contributed by atoms with Crippen LogP contribution in [0.15, 0.2) is 18.2 Å². The van der Waals surface area contributed by atoms with Crippen molar-refractivity contribution in [1.29, 1.82) is 0 Å². The number of benzene rings is 2. The number of ether oxygens (including phenoxy) is 3. The summed E-state index contributed by atoms with van der Waals surface area (Å²) < 4.78 is 16.4. The van der Waals surface area contributed by atoms with Gasteiger partial charge in [-0.25, -0.2) is 0 Å². The summed E-state index contributed by atoms with van der Waals surface area (Å²) in [6, 6.07) is 4.52. The van der Waals surface area contributed by atoms with Gasteiger partial charge in [0.15, 0.2) is 11.6 Å². The summed E-state index contributed by atoms with van der Waals surface area (Å²) in [6.45, 7) is 2.07. The van der Waals surface area contributed by atoms with Gasteiger partial charge in [-0.1, -0.05) is 12.1 Å². The Kier molecular flexibility index (Phi) is 5.23. The van der Waals surface area contributed by atoms with E-state index >= 15 is 0 Å². The molecule has 2 aromatic rings. The zero-order valence-corrected chi connectivity index (χ0v) is 18.7. The first-order valence-electron chi connectivity index (χ1n) is 11.0. The number of epoxide rings is 1. The lowest BCUT2D eigenvalue weighted by molar-refractivity contribution is -0.141. The van der Waals surface area contributed by atoms with Gasteiger partial charge in [-0.2, -0.15) is 0 Å². The van der Waals surface area contributed by atoms with Crippen LogP contribution in [0.4, 0.5) is 0 Å². The summed E-state index contributed by atoms with van der Waals surface area (Å²) in [7, 11) is 1.36. The minimum absolute atomic E-state index is 0.00319. The van der Waals surface area contributed by atoms with E-state index in [0.29, 0.717) is 13.0 Å². The van der Waals surface area contributed by atoms with E-state index in [1.165, 1.54) is 26.2 Å². The van der Waals surface area contributed by atoms with Crippen LogP contribution in [-0.2, 0) is 20.7 Å². The van der Waals surface area contributed by atoms with Crippen LogP contribution in [0.3, 0.4) is 0 Å². The van der Waals surface area contributed by atoms with E-state index in [1.807, 2.05) is 0 Å². The highest BCUT2D eigenvalue weighted by atomic mass is 16.6. The molecule has 1 heterocycles. The summed E-state index contributed by atoms with van der Waals surface area (Å²) in [6.07, 6.45) is -0.848. The lowest BCUT2D eigenvalue weighted by Crippen LogP contribution is -2.45. The highest BCUT2D eigenvalue weighted by Crippen LogP contribution is 2.52. The van der Waals surface area contributed by atoms with E-state index in [1.54, 1.807) is 6.07 Å². The molecule has 5 rings (SSSR count). The number of methoxy groups -OCH3 is 1. The number of hydrogen-bond acceptors (Lipinski definition) is 9. The van der Waals surface area contributed by atoms with Crippen molar-refractivity contribution in [3.63, 3.8) is 0 Å². The highest BCUT2D eigenvalue weighted by Gasteiger charge is 2.48. The van der Waals surface area contributed by atoms with Gasteiger partial charge in [0.2, 0.25) is 5.78 Å². The Balaban J connectivity index is 1.69. The van der Waals surface area contributed by atoms with E-state index in [4.69, 9.17) is 14.2 Å². The third-order valence-corrected chi connectivity index (χ3v) is 6.89. The minimum Gasteiger partial charge on any atom is -0.507 e. The number of aromatic hydroxyl groups is 2. The molecular weight excluding hydrogens is 444 g/mol. The number of carbonyl (C=O) groups is 3. The van der Waals surface area contributed by atoms with E-state index < -0.39 is 40.6 Å². The Bertz CT molecular complexity index is 1240. The maximum Gasteiger partial charge on any atom is 0.202 e. The van der Waals surface area contributed by atoms with Crippen molar-refractivity contribution < 1.29 is 43.9 Å².